The second-order valence-corrected chi connectivity index (χ2v) is 11.4. The predicted octanol–water partition coefficient (Wildman–Crippen LogP) is 6.17. The van der Waals surface area contributed by atoms with Gasteiger partial charge < -0.3 is 25.4 Å². The summed E-state index contributed by atoms with van der Waals surface area (Å²) in [7, 11) is 3.22. The highest BCUT2D eigenvalue weighted by atomic mass is 35.5. The topological polar surface area (TPSA) is 90.9 Å². The molecule has 3 N–H and O–H groups in total. The summed E-state index contributed by atoms with van der Waals surface area (Å²) in [6.07, 6.45) is 2.80. The zero-order chi connectivity index (χ0) is 30.1. The minimum absolute atomic E-state index is 0.0348. The number of halogens is 1. The van der Waals surface area contributed by atoms with Crippen LogP contribution in [0.2, 0.25) is 5.02 Å². The van der Waals surface area contributed by atoms with Crippen LogP contribution in [-0.4, -0.2) is 55.8 Å². The summed E-state index contributed by atoms with van der Waals surface area (Å²) in [5, 5.41) is 19.2. The lowest BCUT2D eigenvalue weighted by molar-refractivity contribution is -0.0563. The summed E-state index contributed by atoms with van der Waals surface area (Å²) in [5.41, 5.74) is 4.14. The molecule has 0 aromatic heterocycles. The molecule has 0 spiro atoms. The minimum Gasteiger partial charge on any atom is -0.453 e. The Balaban J connectivity index is 1.69. The van der Waals surface area contributed by atoms with Crippen molar-refractivity contribution in [2.45, 2.75) is 51.2 Å². The van der Waals surface area contributed by atoms with Crippen molar-refractivity contribution in [3.8, 4) is 11.1 Å². The van der Waals surface area contributed by atoms with Gasteiger partial charge in [-0.1, -0.05) is 67.1 Å². The number of hydrogen-bond acceptors (Lipinski definition) is 5. The van der Waals surface area contributed by atoms with Crippen molar-refractivity contribution < 1.29 is 19.4 Å². The summed E-state index contributed by atoms with van der Waals surface area (Å²) >= 11 is 6.87. The highest BCUT2D eigenvalue weighted by Gasteiger charge is 2.43. The van der Waals surface area contributed by atoms with E-state index in [9.17, 15) is 14.7 Å². The Morgan fingerprint density at radius 3 is 2.57 bits per heavy atom. The molecule has 0 radical (unpaired) electrons. The monoisotopic (exact) mass is 591 g/mol. The first-order valence-corrected chi connectivity index (χ1v) is 15.1. The first-order chi connectivity index (χ1) is 20.3. The number of alkyl carbamates (subject to hydrolysis) is 1. The Kier molecular flexibility index (Phi) is 11.0. The third-order valence-electron chi connectivity index (χ3n) is 8.26. The lowest BCUT2D eigenvalue weighted by Crippen LogP contribution is -2.48. The van der Waals surface area contributed by atoms with Gasteiger partial charge in [0.1, 0.15) is 0 Å². The number of carbonyl (C=O) groups excluding carboxylic acids is 2. The van der Waals surface area contributed by atoms with Gasteiger partial charge in [0.25, 0.3) is 5.91 Å². The van der Waals surface area contributed by atoms with E-state index >= 15 is 0 Å². The number of amides is 2. The molecule has 2 amide bonds. The van der Waals surface area contributed by atoms with Gasteiger partial charge in [-0.3, -0.25) is 4.79 Å². The number of aryl methyl sites for hydroxylation is 1. The Hall–Kier alpha value is -3.39. The Morgan fingerprint density at radius 1 is 1.10 bits per heavy atom. The summed E-state index contributed by atoms with van der Waals surface area (Å²) in [6.45, 7) is 4.25. The van der Waals surface area contributed by atoms with E-state index in [4.69, 9.17) is 16.3 Å². The van der Waals surface area contributed by atoms with Gasteiger partial charge >= 0.3 is 6.09 Å². The van der Waals surface area contributed by atoms with Crippen LogP contribution in [0.15, 0.2) is 66.7 Å². The molecule has 7 nitrogen and oxygen atoms in total. The fourth-order valence-electron chi connectivity index (χ4n) is 6.01. The van der Waals surface area contributed by atoms with Crippen LogP contribution in [0.25, 0.3) is 11.1 Å². The molecule has 0 bridgehead atoms. The van der Waals surface area contributed by atoms with Gasteiger partial charge in [0.05, 0.1) is 12.7 Å². The molecule has 3 aromatic carbocycles. The normalized spacial score (nSPS) is 16.5. The number of ether oxygens (including phenoxy) is 1. The maximum absolute atomic E-state index is 13.6. The van der Waals surface area contributed by atoms with Gasteiger partial charge in [0.15, 0.2) is 0 Å². The molecule has 42 heavy (non-hydrogen) atoms. The van der Waals surface area contributed by atoms with Crippen molar-refractivity contribution in [2.24, 2.45) is 5.92 Å². The van der Waals surface area contributed by atoms with Crippen LogP contribution < -0.4 is 10.6 Å². The zero-order valence-electron chi connectivity index (χ0n) is 24.8. The van der Waals surface area contributed by atoms with Crippen molar-refractivity contribution >= 4 is 23.6 Å². The molecule has 3 aromatic rings. The number of aliphatic hydroxyl groups is 1. The van der Waals surface area contributed by atoms with Crippen LogP contribution in [0.3, 0.4) is 0 Å². The fraction of sp³-hybridized carbons (Fsp3) is 0.412. The number of nitrogens with zero attached hydrogens (tertiary/aromatic N) is 1. The van der Waals surface area contributed by atoms with Gasteiger partial charge in [0.2, 0.25) is 0 Å². The summed E-state index contributed by atoms with van der Waals surface area (Å²) in [4.78, 5) is 27.2. The van der Waals surface area contributed by atoms with Crippen molar-refractivity contribution in [1.29, 1.82) is 0 Å². The van der Waals surface area contributed by atoms with Crippen molar-refractivity contribution in [2.75, 3.05) is 33.8 Å². The highest BCUT2D eigenvalue weighted by Crippen LogP contribution is 2.45. The molecular formula is C34H42ClN3O4. The molecule has 1 heterocycles. The number of methoxy groups -OCH3 is 1. The fourth-order valence-corrected chi connectivity index (χ4v) is 6.29. The number of carbonyl (C=O) groups is 2. The van der Waals surface area contributed by atoms with E-state index in [1.165, 1.54) is 12.7 Å². The van der Waals surface area contributed by atoms with Gasteiger partial charge in [0, 0.05) is 48.2 Å². The number of piperidine rings is 1. The Labute approximate surface area is 254 Å². The number of benzene rings is 3. The van der Waals surface area contributed by atoms with Crippen LogP contribution in [-0.2, 0) is 23.3 Å². The maximum atomic E-state index is 13.6. The van der Waals surface area contributed by atoms with Crippen LogP contribution in [0.4, 0.5) is 4.79 Å². The highest BCUT2D eigenvalue weighted by molar-refractivity contribution is 6.33. The molecule has 1 unspecified atom stereocenters. The molecule has 2 atom stereocenters. The van der Waals surface area contributed by atoms with Crippen LogP contribution in [0, 0.1) is 5.92 Å². The van der Waals surface area contributed by atoms with Crippen molar-refractivity contribution in [3.63, 3.8) is 0 Å². The van der Waals surface area contributed by atoms with E-state index in [-0.39, 0.29) is 11.8 Å². The lowest BCUT2D eigenvalue weighted by atomic mass is 9.72. The number of nitrogens with one attached hydrogen (secondary N) is 2. The molecule has 1 aliphatic rings. The van der Waals surface area contributed by atoms with Gasteiger partial charge in [-0.15, -0.1) is 0 Å². The number of rotatable bonds is 11. The number of hydrogen-bond donors (Lipinski definition) is 3. The van der Waals surface area contributed by atoms with Crippen LogP contribution in [0.5, 0.6) is 0 Å². The van der Waals surface area contributed by atoms with E-state index in [1.807, 2.05) is 66.5 Å². The average molecular weight is 592 g/mol. The molecular weight excluding hydrogens is 550 g/mol. The summed E-state index contributed by atoms with van der Waals surface area (Å²) in [6, 6.07) is 21.6. The van der Waals surface area contributed by atoms with E-state index < -0.39 is 11.7 Å². The second-order valence-electron chi connectivity index (χ2n) is 11.0. The molecule has 0 aliphatic carbocycles. The van der Waals surface area contributed by atoms with Gasteiger partial charge in [-0.2, -0.15) is 0 Å². The first kappa shape index (κ1) is 31.5. The second kappa shape index (κ2) is 14.7. The van der Waals surface area contributed by atoms with E-state index in [2.05, 4.69) is 29.7 Å². The van der Waals surface area contributed by atoms with E-state index in [1.54, 1.807) is 0 Å². The minimum atomic E-state index is -1.30. The van der Waals surface area contributed by atoms with Gasteiger partial charge in [-0.05, 0) is 79.6 Å². The zero-order valence-corrected chi connectivity index (χ0v) is 25.5. The smallest absolute Gasteiger partial charge is 0.406 e. The third-order valence-corrected chi connectivity index (χ3v) is 8.57. The molecule has 1 saturated heterocycles. The number of likely N-dealkylation sites (tertiary alicyclic amines) is 1. The van der Waals surface area contributed by atoms with E-state index in [0.29, 0.717) is 43.1 Å². The largest absolute Gasteiger partial charge is 0.453 e. The molecule has 0 saturated carbocycles. The average Bonchev–Trinajstić information content (AvgIpc) is 3.03. The van der Waals surface area contributed by atoms with Crippen LogP contribution in [0.1, 0.15) is 59.7 Å². The SMILES string of the molecule is CCc1cccc(-c2c(Cl)cccc2[C@](O)(CCCNC(=O)OC)C2CCCN(C(=O)c3ccc(CNC)cc3)C2)c1. The Morgan fingerprint density at radius 2 is 1.86 bits per heavy atom. The predicted molar refractivity (Wildman–Crippen MR) is 168 cm³/mol. The molecule has 1 aliphatic heterocycles. The van der Waals surface area contributed by atoms with Crippen molar-refractivity contribution in [1.82, 2.24) is 15.5 Å². The standard InChI is InChI=1S/C34H42ClN3O4/c1-4-24-9-5-10-27(21-24)31-29(12-6-13-30(31)35)34(41,18-8-19-37-33(40)42-3)28-11-7-20-38(23-28)32(39)26-16-14-25(15-17-26)22-36-2/h5-6,9-10,12-17,21,28,36,41H,4,7-8,11,18-20,22-23H2,1-3H3,(H,37,40)/t28?,34-/m0/s1. The molecule has 8 heteroatoms. The molecule has 224 valence electrons. The molecule has 4 rings (SSSR count). The lowest BCUT2D eigenvalue weighted by Gasteiger charge is -2.44. The quantitative estimate of drug-likeness (QED) is 0.232. The van der Waals surface area contributed by atoms with Crippen LogP contribution >= 0.6 is 11.6 Å². The maximum Gasteiger partial charge on any atom is 0.406 e. The first-order valence-electron chi connectivity index (χ1n) is 14.8. The molecule has 1 fully saturated rings. The summed E-state index contributed by atoms with van der Waals surface area (Å²) < 4.78 is 4.72. The van der Waals surface area contributed by atoms with E-state index in [0.717, 1.165) is 48.1 Å². The van der Waals surface area contributed by atoms with Gasteiger partial charge in [-0.25, -0.2) is 4.79 Å². The van der Waals surface area contributed by atoms with Crippen molar-refractivity contribution in [3.05, 3.63) is 94.0 Å². The third kappa shape index (κ3) is 7.33. The Bertz CT molecular complexity index is 1360. The summed E-state index contributed by atoms with van der Waals surface area (Å²) in [5.74, 6) is -0.268.